The van der Waals surface area contributed by atoms with Gasteiger partial charge in [0.1, 0.15) is 12.1 Å². The van der Waals surface area contributed by atoms with Crippen molar-refractivity contribution in [3.05, 3.63) is 41.7 Å². The van der Waals surface area contributed by atoms with Crippen LogP contribution in [0.5, 0.6) is 0 Å². The van der Waals surface area contributed by atoms with Crippen molar-refractivity contribution in [1.82, 2.24) is 9.97 Å². The molecule has 0 saturated heterocycles. The molecule has 0 radical (unpaired) electrons. The highest BCUT2D eigenvalue weighted by molar-refractivity contribution is 5.68. The first-order valence-electron chi connectivity index (χ1n) is 7.47. The molecule has 2 rings (SSSR count). The number of hydrogen-bond donors (Lipinski definition) is 1. The Balaban J connectivity index is 2.38. The van der Waals surface area contributed by atoms with Gasteiger partial charge in [0.15, 0.2) is 0 Å². The van der Waals surface area contributed by atoms with E-state index >= 15 is 0 Å². The summed E-state index contributed by atoms with van der Waals surface area (Å²) >= 11 is 0. The summed E-state index contributed by atoms with van der Waals surface area (Å²) in [5, 5.41) is 3.32. The van der Waals surface area contributed by atoms with Gasteiger partial charge >= 0.3 is 0 Å². The van der Waals surface area contributed by atoms with Gasteiger partial charge in [0.05, 0.1) is 5.69 Å². The zero-order chi connectivity index (χ0) is 14.4. The van der Waals surface area contributed by atoms with Gasteiger partial charge in [-0.3, -0.25) is 0 Å². The molecule has 1 aromatic heterocycles. The molecule has 3 nitrogen and oxygen atoms in total. The Bertz CT molecular complexity index is 547. The number of anilines is 1. The summed E-state index contributed by atoms with van der Waals surface area (Å²) in [6, 6.07) is 8.74. The monoisotopic (exact) mass is 269 g/mol. The molecule has 0 unspecified atom stereocenters. The summed E-state index contributed by atoms with van der Waals surface area (Å²) < 4.78 is 0. The fourth-order valence-corrected chi connectivity index (χ4v) is 2.43. The lowest BCUT2D eigenvalue weighted by Crippen LogP contribution is -2.05. The maximum Gasteiger partial charge on any atom is 0.133 e. The predicted octanol–water partition coefficient (Wildman–Crippen LogP) is 4.09. The third kappa shape index (κ3) is 3.16. The van der Waals surface area contributed by atoms with Gasteiger partial charge in [-0.05, 0) is 25.3 Å². The summed E-state index contributed by atoms with van der Waals surface area (Å²) in [7, 11) is 0. The van der Waals surface area contributed by atoms with Crippen LogP contribution in [0.4, 0.5) is 5.82 Å². The number of rotatable bonds is 6. The number of aromatic nitrogens is 2. The van der Waals surface area contributed by atoms with Gasteiger partial charge in [-0.2, -0.15) is 0 Å². The highest BCUT2D eigenvalue weighted by Gasteiger charge is 2.10. The van der Waals surface area contributed by atoms with Crippen molar-refractivity contribution < 1.29 is 0 Å². The van der Waals surface area contributed by atoms with Gasteiger partial charge < -0.3 is 5.32 Å². The van der Waals surface area contributed by atoms with Crippen LogP contribution in [0, 0.1) is 0 Å². The Labute approximate surface area is 121 Å². The molecular formula is C17H23N3. The Morgan fingerprint density at radius 1 is 1.00 bits per heavy atom. The molecule has 0 aliphatic carbocycles. The van der Waals surface area contributed by atoms with E-state index in [2.05, 4.69) is 60.3 Å². The van der Waals surface area contributed by atoms with E-state index in [9.17, 15) is 0 Å². The minimum atomic E-state index is 0.874. The standard InChI is InChI=1S/C17H23N3/c1-4-7-13-8-10-14(11-9-13)16-15(5-2)17(18-6-3)20-12-19-16/h8-12H,4-7H2,1-3H3,(H,18,19,20). The number of hydrogen-bond acceptors (Lipinski definition) is 3. The van der Waals surface area contributed by atoms with Crippen molar-refractivity contribution in [2.75, 3.05) is 11.9 Å². The zero-order valence-electron chi connectivity index (χ0n) is 12.6. The largest absolute Gasteiger partial charge is 0.370 e. The van der Waals surface area contributed by atoms with Crippen molar-refractivity contribution in [2.45, 2.75) is 40.0 Å². The fraction of sp³-hybridized carbons (Fsp3) is 0.412. The average Bonchev–Trinajstić information content (AvgIpc) is 2.48. The van der Waals surface area contributed by atoms with Crippen LogP contribution in [0.2, 0.25) is 0 Å². The van der Waals surface area contributed by atoms with Gasteiger partial charge in [0.2, 0.25) is 0 Å². The summed E-state index contributed by atoms with van der Waals surface area (Å²) in [6.07, 6.45) is 4.88. The third-order valence-corrected chi connectivity index (χ3v) is 3.41. The van der Waals surface area contributed by atoms with Crippen LogP contribution >= 0.6 is 0 Å². The first-order valence-corrected chi connectivity index (χ1v) is 7.47. The summed E-state index contributed by atoms with van der Waals surface area (Å²) in [4.78, 5) is 8.84. The number of benzene rings is 1. The molecule has 0 fully saturated rings. The third-order valence-electron chi connectivity index (χ3n) is 3.41. The van der Waals surface area contributed by atoms with Crippen LogP contribution in [0.25, 0.3) is 11.3 Å². The smallest absolute Gasteiger partial charge is 0.133 e. The molecule has 1 heterocycles. The second kappa shape index (κ2) is 7.04. The number of aryl methyl sites for hydroxylation is 1. The van der Waals surface area contributed by atoms with Crippen LogP contribution < -0.4 is 5.32 Å². The quantitative estimate of drug-likeness (QED) is 0.858. The molecule has 0 saturated carbocycles. The zero-order valence-corrected chi connectivity index (χ0v) is 12.6. The van der Waals surface area contributed by atoms with E-state index in [4.69, 9.17) is 0 Å². The van der Waals surface area contributed by atoms with Crippen molar-refractivity contribution in [3.8, 4) is 11.3 Å². The van der Waals surface area contributed by atoms with E-state index in [0.717, 1.165) is 30.9 Å². The Morgan fingerprint density at radius 2 is 1.75 bits per heavy atom. The van der Waals surface area contributed by atoms with Gasteiger partial charge in [0.25, 0.3) is 0 Å². The second-order valence-electron chi connectivity index (χ2n) is 4.88. The molecule has 106 valence electrons. The molecule has 0 amide bonds. The lowest BCUT2D eigenvalue weighted by Gasteiger charge is -2.12. The van der Waals surface area contributed by atoms with Crippen LogP contribution in [-0.4, -0.2) is 16.5 Å². The van der Waals surface area contributed by atoms with E-state index in [1.165, 1.54) is 23.1 Å². The van der Waals surface area contributed by atoms with Gasteiger partial charge in [0, 0.05) is 17.7 Å². The normalized spacial score (nSPS) is 10.6. The van der Waals surface area contributed by atoms with Crippen molar-refractivity contribution in [1.29, 1.82) is 0 Å². The van der Waals surface area contributed by atoms with Gasteiger partial charge in [-0.1, -0.05) is 44.5 Å². The van der Waals surface area contributed by atoms with Crippen LogP contribution in [0.15, 0.2) is 30.6 Å². The van der Waals surface area contributed by atoms with E-state index < -0.39 is 0 Å². The Hall–Kier alpha value is -1.90. The van der Waals surface area contributed by atoms with Gasteiger partial charge in [-0.25, -0.2) is 9.97 Å². The molecule has 2 aromatic rings. The average molecular weight is 269 g/mol. The lowest BCUT2D eigenvalue weighted by molar-refractivity contribution is 0.922. The maximum absolute atomic E-state index is 4.49. The van der Waals surface area contributed by atoms with E-state index in [1.807, 2.05) is 0 Å². The lowest BCUT2D eigenvalue weighted by atomic mass is 10.0. The minimum absolute atomic E-state index is 0.874. The highest BCUT2D eigenvalue weighted by Crippen LogP contribution is 2.26. The van der Waals surface area contributed by atoms with Crippen molar-refractivity contribution in [3.63, 3.8) is 0 Å². The Morgan fingerprint density at radius 3 is 2.35 bits per heavy atom. The number of nitrogens with zero attached hydrogens (tertiary/aromatic N) is 2. The molecule has 1 N–H and O–H groups in total. The maximum atomic E-state index is 4.49. The fourth-order valence-electron chi connectivity index (χ4n) is 2.43. The topological polar surface area (TPSA) is 37.8 Å². The molecule has 0 aliphatic rings. The number of nitrogens with one attached hydrogen (secondary N) is 1. The first-order chi connectivity index (χ1) is 9.80. The molecule has 3 heteroatoms. The summed E-state index contributed by atoms with van der Waals surface area (Å²) in [5.74, 6) is 0.956. The molecule has 0 spiro atoms. The van der Waals surface area contributed by atoms with Crippen molar-refractivity contribution >= 4 is 5.82 Å². The Kier molecular flexibility index (Phi) is 5.10. The van der Waals surface area contributed by atoms with Crippen molar-refractivity contribution in [2.24, 2.45) is 0 Å². The second-order valence-corrected chi connectivity index (χ2v) is 4.88. The first kappa shape index (κ1) is 14.5. The van der Waals surface area contributed by atoms with Crippen LogP contribution in [0.3, 0.4) is 0 Å². The molecule has 20 heavy (non-hydrogen) atoms. The van der Waals surface area contributed by atoms with Gasteiger partial charge in [-0.15, -0.1) is 0 Å². The summed E-state index contributed by atoms with van der Waals surface area (Å²) in [5.41, 5.74) is 4.79. The molecule has 0 bridgehead atoms. The molecule has 0 atom stereocenters. The van der Waals surface area contributed by atoms with E-state index in [0.29, 0.717) is 0 Å². The highest BCUT2D eigenvalue weighted by atomic mass is 15.0. The molecule has 0 aliphatic heterocycles. The minimum Gasteiger partial charge on any atom is -0.370 e. The van der Waals surface area contributed by atoms with Crippen LogP contribution in [0.1, 0.15) is 38.3 Å². The molecular weight excluding hydrogens is 246 g/mol. The van der Waals surface area contributed by atoms with E-state index in [-0.39, 0.29) is 0 Å². The predicted molar refractivity (Wildman–Crippen MR) is 85.0 cm³/mol. The van der Waals surface area contributed by atoms with Crippen LogP contribution in [-0.2, 0) is 12.8 Å². The van der Waals surface area contributed by atoms with E-state index in [1.54, 1.807) is 6.33 Å². The molecule has 1 aromatic carbocycles. The summed E-state index contributed by atoms with van der Waals surface area (Å²) in [6.45, 7) is 7.31. The SMILES string of the molecule is CCCc1ccc(-c2ncnc(NCC)c2CC)cc1.